The first kappa shape index (κ1) is 33.0. The van der Waals surface area contributed by atoms with Gasteiger partial charge in [0.15, 0.2) is 0 Å². The summed E-state index contributed by atoms with van der Waals surface area (Å²) in [5.41, 5.74) is 5.04. The SMILES string of the molecule is C=C/C(=C/C(CCCCCC(=O)N[C@H](C(=O)N[C@@H](C)C(=O)N1CCC[C@@H](C(=O)OC)N1)C(C)C)=N\C)CC. The molecule has 1 rings (SSSR count). The molecule has 1 aliphatic rings. The summed E-state index contributed by atoms with van der Waals surface area (Å²) >= 11 is 0. The molecule has 3 amide bonds. The number of carbonyl (C=O) groups excluding carboxylic acids is 4. The van der Waals surface area contributed by atoms with Crippen LogP contribution in [0.4, 0.5) is 0 Å². The van der Waals surface area contributed by atoms with E-state index in [0.717, 1.165) is 37.0 Å². The summed E-state index contributed by atoms with van der Waals surface area (Å²) in [6.45, 7) is 11.6. The first-order valence-electron chi connectivity index (χ1n) is 13.6. The first-order valence-corrected chi connectivity index (χ1v) is 13.6. The fourth-order valence-corrected chi connectivity index (χ4v) is 4.17. The van der Waals surface area contributed by atoms with Crippen LogP contribution in [0.3, 0.4) is 0 Å². The molecule has 0 aromatic rings. The van der Waals surface area contributed by atoms with E-state index in [1.807, 2.05) is 19.9 Å². The maximum absolute atomic E-state index is 12.9. The zero-order chi connectivity index (χ0) is 28.7. The van der Waals surface area contributed by atoms with Crippen molar-refractivity contribution in [2.75, 3.05) is 20.7 Å². The molecule has 1 heterocycles. The van der Waals surface area contributed by atoms with Crippen molar-refractivity contribution in [3.63, 3.8) is 0 Å². The smallest absolute Gasteiger partial charge is 0.324 e. The monoisotopic (exact) mass is 533 g/mol. The lowest BCUT2D eigenvalue weighted by Gasteiger charge is -2.34. The van der Waals surface area contributed by atoms with E-state index in [0.29, 0.717) is 32.2 Å². The molecule has 3 atom stereocenters. The zero-order valence-corrected chi connectivity index (χ0v) is 24.0. The molecule has 214 valence electrons. The normalized spacial score (nSPS) is 18.0. The largest absolute Gasteiger partial charge is 0.468 e. The minimum atomic E-state index is -0.831. The number of rotatable bonds is 15. The summed E-state index contributed by atoms with van der Waals surface area (Å²) in [6.07, 6.45) is 9.68. The lowest BCUT2D eigenvalue weighted by molar-refractivity contribution is -0.150. The molecule has 0 spiro atoms. The van der Waals surface area contributed by atoms with E-state index >= 15 is 0 Å². The van der Waals surface area contributed by atoms with Crippen LogP contribution >= 0.6 is 0 Å². The zero-order valence-electron chi connectivity index (χ0n) is 24.0. The van der Waals surface area contributed by atoms with Crippen LogP contribution in [0.15, 0.2) is 29.3 Å². The Labute approximate surface area is 227 Å². The minimum Gasteiger partial charge on any atom is -0.468 e. The molecule has 10 heteroatoms. The molecule has 0 aromatic carbocycles. The van der Waals surface area contributed by atoms with Crippen LogP contribution in [0.2, 0.25) is 0 Å². The lowest BCUT2D eigenvalue weighted by Crippen LogP contribution is -2.60. The second-order valence-electron chi connectivity index (χ2n) is 9.91. The van der Waals surface area contributed by atoms with Crippen molar-refractivity contribution in [2.45, 2.75) is 97.2 Å². The van der Waals surface area contributed by atoms with Gasteiger partial charge in [0.1, 0.15) is 18.1 Å². The molecule has 0 radical (unpaired) electrons. The third-order valence-corrected chi connectivity index (χ3v) is 6.58. The molecule has 0 aliphatic carbocycles. The van der Waals surface area contributed by atoms with E-state index in [2.05, 4.69) is 40.6 Å². The second kappa shape index (κ2) is 17.5. The molecule has 3 N–H and O–H groups in total. The number of ether oxygens (including phenoxy) is 1. The predicted molar refractivity (Wildman–Crippen MR) is 149 cm³/mol. The highest BCUT2D eigenvalue weighted by Gasteiger charge is 2.32. The van der Waals surface area contributed by atoms with Gasteiger partial charge in [-0.05, 0) is 63.0 Å². The summed E-state index contributed by atoms with van der Waals surface area (Å²) in [5.74, 6) is -1.56. The number of methoxy groups -OCH3 is 1. The molecule has 1 aliphatic heterocycles. The summed E-state index contributed by atoms with van der Waals surface area (Å²) in [4.78, 5) is 54.5. The Morgan fingerprint density at radius 2 is 1.82 bits per heavy atom. The Bertz CT molecular complexity index is 883. The highest BCUT2D eigenvalue weighted by Crippen LogP contribution is 2.12. The van der Waals surface area contributed by atoms with E-state index in [4.69, 9.17) is 4.74 Å². The van der Waals surface area contributed by atoms with Gasteiger partial charge in [-0.25, -0.2) is 5.43 Å². The number of esters is 1. The van der Waals surface area contributed by atoms with Gasteiger partial charge < -0.3 is 15.4 Å². The minimum absolute atomic E-state index is 0.161. The van der Waals surface area contributed by atoms with Gasteiger partial charge >= 0.3 is 5.97 Å². The van der Waals surface area contributed by atoms with Crippen LogP contribution in [-0.2, 0) is 23.9 Å². The lowest BCUT2D eigenvalue weighted by atomic mass is 10.0. The van der Waals surface area contributed by atoms with Crippen LogP contribution in [0, 0.1) is 5.92 Å². The summed E-state index contributed by atoms with van der Waals surface area (Å²) in [6, 6.07) is -2.19. The van der Waals surface area contributed by atoms with Gasteiger partial charge in [0.05, 0.1) is 7.11 Å². The van der Waals surface area contributed by atoms with Gasteiger partial charge in [0.2, 0.25) is 11.8 Å². The van der Waals surface area contributed by atoms with Crippen molar-refractivity contribution < 1.29 is 23.9 Å². The van der Waals surface area contributed by atoms with Crippen molar-refractivity contribution in [2.24, 2.45) is 10.9 Å². The quantitative estimate of drug-likeness (QED) is 0.128. The fourth-order valence-electron chi connectivity index (χ4n) is 4.17. The predicted octanol–water partition coefficient (Wildman–Crippen LogP) is 2.84. The number of aliphatic imine (C=N–C) groups is 1. The Hall–Kier alpha value is -3.01. The number of hydrogen-bond donors (Lipinski definition) is 3. The molecule has 0 unspecified atom stereocenters. The van der Waals surface area contributed by atoms with Crippen molar-refractivity contribution in [1.29, 1.82) is 0 Å². The Morgan fingerprint density at radius 1 is 1.13 bits per heavy atom. The number of nitrogens with one attached hydrogen (secondary N) is 3. The number of allylic oxidation sites excluding steroid dienone is 3. The van der Waals surface area contributed by atoms with Crippen LogP contribution in [-0.4, -0.2) is 73.2 Å². The summed E-state index contributed by atoms with van der Waals surface area (Å²) in [5, 5.41) is 6.89. The molecular weight excluding hydrogens is 486 g/mol. The third kappa shape index (κ3) is 11.2. The average Bonchev–Trinajstić information content (AvgIpc) is 2.91. The molecular formula is C28H47N5O5. The third-order valence-electron chi connectivity index (χ3n) is 6.58. The Kier molecular flexibility index (Phi) is 15.2. The molecule has 1 saturated heterocycles. The van der Waals surface area contributed by atoms with Crippen molar-refractivity contribution in [1.82, 2.24) is 21.1 Å². The van der Waals surface area contributed by atoms with E-state index in [9.17, 15) is 19.2 Å². The highest BCUT2D eigenvalue weighted by molar-refractivity contribution is 5.95. The summed E-state index contributed by atoms with van der Waals surface area (Å²) < 4.78 is 4.76. The number of carbonyl (C=O) groups is 4. The Balaban J connectivity index is 2.53. The fraction of sp³-hybridized carbons (Fsp3) is 0.679. The van der Waals surface area contributed by atoms with Gasteiger partial charge in [-0.2, -0.15) is 0 Å². The van der Waals surface area contributed by atoms with Crippen molar-refractivity contribution in [3.8, 4) is 0 Å². The maximum atomic E-state index is 12.9. The molecule has 38 heavy (non-hydrogen) atoms. The maximum Gasteiger partial charge on any atom is 0.324 e. The number of unbranched alkanes of at least 4 members (excludes halogenated alkanes) is 2. The van der Waals surface area contributed by atoms with E-state index in [-0.39, 0.29) is 17.7 Å². The molecule has 0 saturated carbocycles. The molecule has 0 bridgehead atoms. The van der Waals surface area contributed by atoms with Gasteiger partial charge in [0.25, 0.3) is 5.91 Å². The van der Waals surface area contributed by atoms with Gasteiger partial charge in [0, 0.05) is 25.7 Å². The van der Waals surface area contributed by atoms with Gasteiger partial charge in [-0.15, -0.1) is 0 Å². The molecule has 1 fully saturated rings. The van der Waals surface area contributed by atoms with Crippen LogP contribution in [0.25, 0.3) is 0 Å². The molecule has 0 aromatic heterocycles. The van der Waals surface area contributed by atoms with E-state index in [1.54, 1.807) is 14.0 Å². The standard InChI is InChI=1S/C28H47N5O5/c1-8-21(9-2)18-22(29-6)14-11-10-12-16-24(34)31-25(19(3)4)26(35)30-20(5)27(36)33-17-13-15-23(32-33)28(37)38-7/h8,18-20,23,25,32H,1,9-17H2,2-7H3,(H,30,35)(H,31,34)/b21-18-,29-22-/t20-,23-,25-/m0/s1. The highest BCUT2D eigenvalue weighted by atomic mass is 16.5. The van der Waals surface area contributed by atoms with Gasteiger partial charge in [-0.3, -0.25) is 29.2 Å². The summed E-state index contributed by atoms with van der Waals surface area (Å²) in [7, 11) is 3.08. The van der Waals surface area contributed by atoms with Crippen LogP contribution in [0.5, 0.6) is 0 Å². The van der Waals surface area contributed by atoms with Crippen molar-refractivity contribution in [3.05, 3.63) is 24.3 Å². The Morgan fingerprint density at radius 3 is 2.39 bits per heavy atom. The number of hydrazine groups is 1. The number of hydrogen-bond acceptors (Lipinski definition) is 7. The average molecular weight is 534 g/mol. The van der Waals surface area contributed by atoms with Gasteiger partial charge in [-0.1, -0.05) is 39.8 Å². The van der Waals surface area contributed by atoms with Crippen molar-refractivity contribution >= 4 is 29.4 Å². The number of nitrogens with zero attached hydrogens (tertiary/aromatic N) is 2. The van der Waals surface area contributed by atoms with E-state index < -0.39 is 30.0 Å². The second-order valence-corrected chi connectivity index (χ2v) is 9.91. The topological polar surface area (TPSA) is 129 Å². The van der Waals surface area contributed by atoms with Crippen LogP contribution in [0.1, 0.15) is 79.1 Å². The first-order chi connectivity index (χ1) is 18.1. The molecule has 10 nitrogen and oxygen atoms in total. The van der Waals surface area contributed by atoms with Crippen LogP contribution < -0.4 is 16.1 Å². The number of amides is 3. The van der Waals surface area contributed by atoms with E-state index in [1.165, 1.54) is 12.1 Å².